The number of benzene rings is 1. The number of rotatable bonds is 3. The van der Waals surface area contributed by atoms with Crippen LogP contribution in [-0.2, 0) is 4.79 Å². The second kappa shape index (κ2) is 4.97. The first-order valence-corrected chi connectivity index (χ1v) is 7.30. The maximum absolute atomic E-state index is 12.6. The van der Waals surface area contributed by atoms with Crippen molar-refractivity contribution in [2.24, 2.45) is 0 Å². The molecule has 1 amide bonds. The summed E-state index contributed by atoms with van der Waals surface area (Å²) in [5, 5.41) is 3.49. The lowest BCUT2D eigenvalue weighted by molar-refractivity contribution is -0.121. The van der Waals surface area contributed by atoms with Crippen LogP contribution >= 0.6 is 0 Å². The summed E-state index contributed by atoms with van der Waals surface area (Å²) in [6.45, 7) is 5.02. The van der Waals surface area contributed by atoms with Crippen molar-refractivity contribution in [2.75, 3.05) is 11.4 Å². The molecule has 0 spiro atoms. The van der Waals surface area contributed by atoms with Gasteiger partial charge in [0.25, 0.3) is 0 Å². The van der Waals surface area contributed by atoms with Crippen molar-refractivity contribution < 1.29 is 4.79 Å². The van der Waals surface area contributed by atoms with E-state index in [1.807, 2.05) is 4.90 Å². The molecule has 1 N–H and O–H groups in total. The molecule has 1 unspecified atom stereocenters. The monoisotopic (exact) mass is 258 g/mol. The summed E-state index contributed by atoms with van der Waals surface area (Å²) in [7, 11) is 0. The molecule has 0 bridgehead atoms. The molecule has 1 atom stereocenters. The number of hydrogen-bond acceptors (Lipinski definition) is 2. The SMILES string of the molecule is Cc1ccc(C)c(N2CCCC(NC3CC3)C2=O)c1. The highest BCUT2D eigenvalue weighted by Gasteiger charge is 2.34. The van der Waals surface area contributed by atoms with Crippen LogP contribution in [0.3, 0.4) is 0 Å². The third kappa shape index (κ3) is 2.66. The molecule has 1 saturated carbocycles. The third-order valence-electron chi connectivity index (χ3n) is 4.11. The van der Waals surface area contributed by atoms with Crippen LogP contribution < -0.4 is 10.2 Å². The zero-order chi connectivity index (χ0) is 13.4. The summed E-state index contributed by atoms with van der Waals surface area (Å²) in [5.74, 6) is 0.256. The fourth-order valence-electron chi connectivity index (χ4n) is 2.81. The van der Waals surface area contributed by atoms with Gasteiger partial charge in [-0.1, -0.05) is 12.1 Å². The number of nitrogens with zero attached hydrogens (tertiary/aromatic N) is 1. The van der Waals surface area contributed by atoms with E-state index in [0.717, 1.165) is 25.1 Å². The van der Waals surface area contributed by atoms with Gasteiger partial charge in [0.1, 0.15) is 0 Å². The number of carbonyl (C=O) groups is 1. The van der Waals surface area contributed by atoms with Crippen molar-refractivity contribution in [1.82, 2.24) is 5.32 Å². The van der Waals surface area contributed by atoms with E-state index < -0.39 is 0 Å². The zero-order valence-electron chi connectivity index (χ0n) is 11.8. The largest absolute Gasteiger partial charge is 0.311 e. The van der Waals surface area contributed by atoms with Crippen molar-refractivity contribution in [1.29, 1.82) is 0 Å². The van der Waals surface area contributed by atoms with Crippen molar-refractivity contribution in [3.05, 3.63) is 29.3 Å². The van der Waals surface area contributed by atoms with Gasteiger partial charge in [0, 0.05) is 18.3 Å². The Morgan fingerprint density at radius 1 is 1.21 bits per heavy atom. The molecule has 1 aliphatic heterocycles. The average Bonchev–Trinajstić information content (AvgIpc) is 3.19. The van der Waals surface area contributed by atoms with E-state index in [9.17, 15) is 4.79 Å². The van der Waals surface area contributed by atoms with E-state index in [1.54, 1.807) is 0 Å². The number of carbonyl (C=O) groups excluding carboxylic acids is 1. The fourth-order valence-corrected chi connectivity index (χ4v) is 2.81. The first-order valence-electron chi connectivity index (χ1n) is 7.30. The summed E-state index contributed by atoms with van der Waals surface area (Å²) in [6, 6.07) is 6.96. The van der Waals surface area contributed by atoms with Crippen LogP contribution in [0.2, 0.25) is 0 Å². The Hall–Kier alpha value is -1.35. The molecule has 2 aliphatic rings. The number of nitrogens with one attached hydrogen (secondary N) is 1. The Morgan fingerprint density at radius 3 is 2.74 bits per heavy atom. The molecule has 3 rings (SSSR count). The highest BCUT2D eigenvalue weighted by molar-refractivity contribution is 5.98. The van der Waals surface area contributed by atoms with Crippen molar-refractivity contribution in [3.8, 4) is 0 Å². The van der Waals surface area contributed by atoms with Crippen LogP contribution in [0, 0.1) is 13.8 Å². The van der Waals surface area contributed by atoms with E-state index in [2.05, 4.69) is 37.4 Å². The summed E-state index contributed by atoms with van der Waals surface area (Å²) < 4.78 is 0. The average molecular weight is 258 g/mol. The number of aryl methyl sites for hydroxylation is 2. The van der Waals surface area contributed by atoms with Gasteiger partial charge >= 0.3 is 0 Å². The highest BCUT2D eigenvalue weighted by atomic mass is 16.2. The number of hydrogen-bond donors (Lipinski definition) is 1. The van der Waals surface area contributed by atoms with Gasteiger partial charge in [-0.05, 0) is 56.7 Å². The van der Waals surface area contributed by atoms with Gasteiger partial charge in [-0.15, -0.1) is 0 Å². The van der Waals surface area contributed by atoms with Crippen LogP contribution in [0.1, 0.15) is 36.8 Å². The maximum atomic E-state index is 12.6. The first kappa shape index (κ1) is 12.7. The van der Waals surface area contributed by atoms with E-state index in [-0.39, 0.29) is 11.9 Å². The summed E-state index contributed by atoms with van der Waals surface area (Å²) in [6.07, 6.45) is 4.53. The molecule has 1 heterocycles. The van der Waals surface area contributed by atoms with E-state index in [4.69, 9.17) is 0 Å². The van der Waals surface area contributed by atoms with Gasteiger partial charge in [0.05, 0.1) is 6.04 Å². The van der Waals surface area contributed by atoms with Gasteiger partial charge in [-0.2, -0.15) is 0 Å². The molecule has 2 fully saturated rings. The van der Waals surface area contributed by atoms with Gasteiger partial charge in [-0.25, -0.2) is 0 Å². The molecule has 0 aromatic heterocycles. The lowest BCUT2D eigenvalue weighted by atomic mass is 10.0. The van der Waals surface area contributed by atoms with Crippen molar-refractivity contribution in [3.63, 3.8) is 0 Å². The molecule has 3 nitrogen and oxygen atoms in total. The van der Waals surface area contributed by atoms with Crippen LogP contribution in [0.25, 0.3) is 0 Å². The normalized spacial score (nSPS) is 23.8. The van der Waals surface area contributed by atoms with Gasteiger partial charge in [0.2, 0.25) is 5.91 Å². The van der Waals surface area contributed by atoms with Gasteiger partial charge in [-0.3, -0.25) is 4.79 Å². The molecule has 1 aromatic carbocycles. The minimum Gasteiger partial charge on any atom is -0.311 e. The zero-order valence-corrected chi connectivity index (χ0v) is 11.8. The standard InChI is InChI=1S/C16H22N2O/c1-11-5-6-12(2)15(10-11)18-9-3-4-14(16(18)19)17-13-7-8-13/h5-6,10,13-14,17H,3-4,7-9H2,1-2H3. The fraction of sp³-hybridized carbons (Fsp3) is 0.562. The smallest absolute Gasteiger partial charge is 0.244 e. The quantitative estimate of drug-likeness (QED) is 0.903. The minimum absolute atomic E-state index is 0.0289. The van der Waals surface area contributed by atoms with Crippen LogP contribution in [0.15, 0.2) is 18.2 Å². The van der Waals surface area contributed by atoms with E-state index in [1.165, 1.54) is 24.0 Å². The Kier molecular flexibility index (Phi) is 3.31. The molecule has 19 heavy (non-hydrogen) atoms. The molecule has 102 valence electrons. The lowest BCUT2D eigenvalue weighted by Gasteiger charge is -2.34. The Balaban J connectivity index is 1.82. The first-order chi connectivity index (χ1) is 9.15. The van der Waals surface area contributed by atoms with Gasteiger partial charge in [0.15, 0.2) is 0 Å². The molecule has 1 aromatic rings. The van der Waals surface area contributed by atoms with Crippen LogP contribution in [-0.4, -0.2) is 24.5 Å². The Bertz CT molecular complexity index is 494. The summed E-state index contributed by atoms with van der Waals surface area (Å²) in [4.78, 5) is 14.6. The number of amides is 1. The predicted octanol–water partition coefficient (Wildman–Crippen LogP) is 2.55. The molecular formula is C16H22N2O. The second-order valence-corrected chi connectivity index (χ2v) is 5.92. The third-order valence-corrected chi connectivity index (χ3v) is 4.11. The Labute approximate surface area is 115 Å². The number of anilines is 1. The van der Waals surface area contributed by atoms with Crippen molar-refractivity contribution in [2.45, 2.75) is 51.6 Å². The number of piperidine rings is 1. The predicted molar refractivity (Wildman–Crippen MR) is 77.4 cm³/mol. The maximum Gasteiger partial charge on any atom is 0.244 e. The highest BCUT2D eigenvalue weighted by Crippen LogP contribution is 2.27. The summed E-state index contributed by atoms with van der Waals surface area (Å²) in [5.41, 5.74) is 3.49. The topological polar surface area (TPSA) is 32.3 Å². The van der Waals surface area contributed by atoms with Gasteiger partial charge < -0.3 is 10.2 Å². The molecular weight excluding hydrogens is 236 g/mol. The second-order valence-electron chi connectivity index (χ2n) is 5.92. The lowest BCUT2D eigenvalue weighted by Crippen LogP contribution is -2.51. The van der Waals surface area contributed by atoms with Crippen LogP contribution in [0.4, 0.5) is 5.69 Å². The Morgan fingerprint density at radius 2 is 2.00 bits per heavy atom. The molecule has 1 saturated heterocycles. The van der Waals surface area contributed by atoms with Crippen LogP contribution in [0.5, 0.6) is 0 Å². The van der Waals surface area contributed by atoms with E-state index in [0.29, 0.717) is 6.04 Å². The molecule has 0 radical (unpaired) electrons. The molecule has 3 heteroatoms. The minimum atomic E-state index is 0.0289. The molecule has 1 aliphatic carbocycles. The van der Waals surface area contributed by atoms with E-state index >= 15 is 0 Å². The van der Waals surface area contributed by atoms with Crippen molar-refractivity contribution >= 4 is 11.6 Å². The summed E-state index contributed by atoms with van der Waals surface area (Å²) >= 11 is 0.